The normalized spacial score (nSPS) is 12.0. The van der Waals surface area contributed by atoms with E-state index in [9.17, 15) is 4.79 Å². The van der Waals surface area contributed by atoms with E-state index < -0.39 is 6.04 Å². The highest BCUT2D eigenvalue weighted by molar-refractivity contribution is 5.93. The van der Waals surface area contributed by atoms with Gasteiger partial charge in [0.25, 0.3) is 5.91 Å². The summed E-state index contributed by atoms with van der Waals surface area (Å²) in [5.41, 5.74) is 4.24. The van der Waals surface area contributed by atoms with E-state index in [1.54, 1.807) is 13.0 Å². The second kappa shape index (κ2) is 7.71. The lowest BCUT2D eigenvalue weighted by molar-refractivity contribution is 0.0923. The van der Waals surface area contributed by atoms with Gasteiger partial charge in [-0.2, -0.15) is 4.98 Å². The van der Waals surface area contributed by atoms with Crippen LogP contribution in [0.1, 0.15) is 40.5 Å². The molecular weight excluding hydrogens is 368 g/mol. The van der Waals surface area contributed by atoms with Crippen molar-refractivity contribution in [1.82, 2.24) is 20.6 Å². The first kappa shape index (κ1) is 18.6. The Hall–Kier alpha value is -3.74. The monoisotopic (exact) mass is 388 g/mol. The Labute approximate surface area is 167 Å². The van der Waals surface area contributed by atoms with Gasteiger partial charge in [-0.25, -0.2) is 0 Å². The van der Waals surface area contributed by atoms with Crippen molar-refractivity contribution in [1.29, 1.82) is 0 Å². The zero-order valence-electron chi connectivity index (χ0n) is 16.3. The molecule has 1 N–H and O–H groups in total. The van der Waals surface area contributed by atoms with Gasteiger partial charge in [0.05, 0.1) is 0 Å². The van der Waals surface area contributed by atoms with E-state index in [2.05, 4.69) is 20.6 Å². The molecule has 0 saturated heterocycles. The Kier molecular flexibility index (Phi) is 4.95. The minimum Gasteiger partial charge on any atom is -0.355 e. The van der Waals surface area contributed by atoms with Gasteiger partial charge in [-0.15, -0.1) is 0 Å². The largest absolute Gasteiger partial charge is 0.355 e. The molecule has 0 aliphatic heterocycles. The van der Waals surface area contributed by atoms with Crippen molar-refractivity contribution >= 4 is 5.91 Å². The van der Waals surface area contributed by atoms with Crippen LogP contribution in [0.25, 0.3) is 22.7 Å². The molecule has 1 atom stereocenters. The van der Waals surface area contributed by atoms with Crippen LogP contribution in [0.15, 0.2) is 63.6 Å². The van der Waals surface area contributed by atoms with Crippen molar-refractivity contribution in [2.24, 2.45) is 0 Å². The Morgan fingerprint density at radius 1 is 0.931 bits per heavy atom. The lowest BCUT2D eigenvalue weighted by atomic mass is 10.0. The summed E-state index contributed by atoms with van der Waals surface area (Å²) in [6, 6.07) is 16.6. The van der Waals surface area contributed by atoms with Crippen LogP contribution in [0, 0.1) is 13.8 Å². The molecule has 0 bridgehead atoms. The summed E-state index contributed by atoms with van der Waals surface area (Å²) in [7, 11) is 0. The zero-order chi connectivity index (χ0) is 20.4. The van der Waals surface area contributed by atoms with Gasteiger partial charge in [0.1, 0.15) is 6.04 Å². The maximum Gasteiger partial charge on any atom is 0.274 e. The third kappa shape index (κ3) is 3.94. The molecule has 0 fully saturated rings. The summed E-state index contributed by atoms with van der Waals surface area (Å²) in [6.45, 7) is 5.84. The van der Waals surface area contributed by atoms with Crippen LogP contribution in [0.5, 0.6) is 0 Å². The number of rotatable bonds is 5. The molecule has 0 radical (unpaired) electrons. The number of hydrogen-bond donors (Lipinski definition) is 1. The van der Waals surface area contributed by atoms with Crippen molar-refractivity contribution < 1.29 is 13.8 Å². The third-order valence-electron chi connectivity index (χ3n) is 4.73. The molecule has 0 saturated carbocycles. The van der Waals surface area contributed by atoms with Crippen LogP contribution in [0.3, 0.4) is 0 Å². The highest BCUT2D eigenvalue weighted by atomic mass is 16.5. The molecule has 29 heavy (non-hydrogen) atoms. The highest BCUT2D eigenvalue weighted by Gasteiger charge is 2.20. The molecule has 7 nitrogen and oxygen atoms in total. The smallest absolute Gasteiger partial charge is 0.274 e. The maximum atomic E-state index is 12.5. The van der Waals surface area contributed by atoms with E-state index in [0.717, 1.165) is 16.7 Å². The molecule has 4 aromatic rings. The van der Waals surface area contributed by atoms with E-state index in [1.807, 2.05) is 62.4 Å². The van der Waals surface area contributed by atoms with Crippen LogP contribution in [0.2, 0.25) is 0 Å². The van der Waals surface area contributed by atoms with Crippen LogP contribution in [0.4, 0.5) is 0 Å². The summed E-state index contributed by atoms with van der Waals surface area (Å²) in [5, 5.41) is 10.7. The number of carbonyl (C=O) groups excluding carboxylic acids is 1. The van der Waals surface area contributed by atoms with Crippen molar-refractivity contribution in [3.8, 4) is 22.7 Å². The summed E-state index contributed by atoms with van der Waals surface area (Å²) in [4.78, 5) is 16.9. The predicted octanol–water partition coefficient (Wildman–Crippen LogP) is 4.50. The number of amides is 1. The second-order valence-corrected chi connectivity index (χ2v) is 6.89. The molecule has 0 aliphatic carbocycles. The highest BCUT2D eigenvalue weighted by Crippen LogP contribution is 2.23. The number of hydrogen-bond acceptors (Lipinski definition) is 6. The minimum absolute atomic E-state index is 0.188. The minimum atomic E-state index is -0.478. The first-order valence-corrected chi connectivity index (χ1v) is 9.25. The van der Waals surface area contributed by atoms with Gasteiger partial charge in [-0.1, -0.05) is 52.8 Å². The van der Waals surface area contributed by atoms with Crippen LogP contribution in [-0.2, 0) is 0 Å². The molecule has 1 amide bonds. The van der Waals surface area contributed by atoms with E-state index >= 15 is 0 Å². The molecule has 2 heterocycles. The van der Waals surface area contributed by atoms with Crippen LogP contribution in [-0.4, -0.2) is 21.2 Å². The van der Waals surface area contributed by atoms with Gasteiger partial charge in [0.15, 0.2) is 11.5 Å². The van der Waals surface area contributed by atoms with Crippen LogP contribution >= 0.6 is 0 Å². The average molecular weight is 388 g/mol. The van der Waals surface area contributed by atoms with Crippen molar-refractivity contribution in [3.63, 3.8) is 0 Å². The Bertz CT molecular complexity index is 1150. The fourth-order valence-corrected chi connectivity index (χ4v) is 2.86. The lowest BCUT2D eigenvalue weighted by Gasteiger charge is -2.07. The topological polar surface area (TPSA) is 94.1 Å². The summed E-state index contributed by atoms with van der Waals surface area (Å²) in [6.07, 6.45) is 0. The van der Waals surface area contributed by atoms with Gasteiger partial charge in [0, 0.05) is 17.2 Å². The number of carbonyl (C=O) groups is 1. The molecular formula is C22H20N4O3. The Morgan fingerprint density at radius 2 is 1.72 bits per heavy atom. The quantitative estimate of drug-likeness (QED) is 0.541. The Balaban J connectivity index is 1.46. The second-order valence-electron chi connectivity index (χ2n) is 6.89. The first-order chi connectivity index (χ1) is 14.0. The summed E-state index contributed by atoms with van der Waals surface area (Å²) >= 11 is 0. The lowest BCUT2D eigenvalue weighted by Crippen LogP contribution is -2.27. The molecule has 1 unspecified atom stereocenters. The van der Waals surface area contributed by atoms with E-state index in [4.69, 9.17) is 9.05 Å². The number of nitrogens with one attached hydrogen (secondary N) is 1. The molecule has 0 aliphatic rings. The number of aryl methyl sites for hydroxylation is 2. The van der Waals surface area contributed by atoms with E-state index in [-0.39, 0.29) is 11.6 Å². The molecule has 2 aromatic carbocycles. The molecule has 4 rings (SSSR count). The van der Waals surface area contributed by atoms with Gasteiger partial charge in [0.2, 0.25) is 11.7 Å². The van der Waals surface area contributed by atoms with Crippen LogP contribution < -0.4 is 5.32 Å². The molecule has 0 spiro atoms. The predicted molar refractivity (Wildman–Crippen MR) is 107 cm³/mol. The standard InChI is InChI=1S/C22H20N4O3/c1-13-9-10-17(11-14(13)2)19-12-18(25-28-19)21(27)23-15(3)22-24-20(26-29-22)16-7-5-4-6-8-16/h4-12,15H,1-3H3,(H,23,27). The third-order valence-corrected chi connectivity index (χ3v) is 4.73. The SMILES string of the molecule is Cc1ccc(-c2cc(C(=O)NC(C)c3nc(-c4ccccc4)no3)no2)cc1C. The zero-order valence-corrected chi connectivity index (χ0v) is 16.3. The number of aromatic nitrogens is 3. The number of nitrogens with zero attached hydrogens (tertiary/aromatic N) is 3. The van der Waals surface area contributed by atoms with Gasteiger partial charge < -0.3 is 14.4 Å². The van der Waals surface area contributed by atoms with E-state index in [1.165, 1.54) is 5.56 Å². The fourth-order valence-electron chi connectivity index (χ4n) is 2.86. The van der Waals surface area contributed by atoms with Crippen molar-refractivity contribution in [3.05, 3.63) is 77.3 Å². The average Bonchev–Trinajstić information content (AvgIpc) is 3.41. The van der Waals surface area contributed by atoms with E-state index in [0.29, 0.717) is 17.5 Å². The summed E-state index contributed by atoms with van der Waals surface area (Å²) < 4.78 is 10.7. The van der Waals surface area contributed by atoms with Crippen molar-refractivity contribution in [2.45, 2.75) is 26.8 Å². The fraction of sp³-hybridized carbons (Fsp3) is 0.182. The van der Waals surface area contributed by atoms with Gasteiger partial charge in [-0.05, 0) is 38.0 Å². The van der Waals surface area contributed by atoms with Gasteiger partial charge in [-0.3, -0.25) is 4.79 Å². The summed E-state index contributed by atoms with van der Waals surface area (Å²) in [5.74, 6) is 0.945. The molecule has 7 heteroatoms. The molecule has 146 valence electrons. The van der Waals surface area contributed by atoms with Gasteiger partial charge >= 0.3 is 0 Å². The first-order valence-electron chi connectivity index (χ1n) is 9.25. The number of benzene rings is 2. The maximum absolute atomic E-state index is 12.5. The van der Waals surface area contributed by atoms with Crippen molar-refractivity contribution in [2.75, 3.05) is 0 Å². The Morgan fingerprint density at radius 3 is 2.48 bits per heavy atom. The molecule has 2 aromatic heterocycles.